The van der Waals surface area contributed by atoms with E-state index in [1.807, 2.05) is 6.92 Å². The highest BCUT2D eigenvalue weighted by atomic mass is 16.5. The molecule has 0 radical (unpaired) electrons. The standard InChI is InChI=1S/C13H23NO3/c1-9-7-8-12(17-9)13(16)14(2)10-5-3-4-6-11(10)15/h9-12,15H,3-8H2,1-2H3. The van der Waals surface area contributed by atoms with E-state index in [1.54, 1.807) is 11.9 Å². The minimum atomic E-state index is -0.364. The Bertz CT molecular complexity index is 282. The van der Waals surface area contributed by atoms with Crippen molar-refractivity contribution in [2.45, 2.75) is 69.8 Å². The summed E-state index contributed by atoms with van der Waals surface area (Å²) in [6, 6.07) is -0.0178. The summed E-state index contributed by atoms with van der Waals surface area (Å²) < 4.78 is 5.60. The molecule has 0 bridgehead atoms. The molecule has 4 nitrogen and oxygen atoms in total. The normalized spacial score (nSPS) is 38.1. The number of likely N-dealkylation sites (N-methyl/N-ethyl adjacent to an activating group) is 1. The third-order valence-corrected chi connectivity index (χ3v) is 4.05. The molecule has 98 valence electrons. The van der Waals surface area contributed by atoms with Gasteiger partial charge in [0, 0.05) is 7.05 Å². The van der Waals surface area contributed by atoms with Gasteiger partial charge in [-0.25, -0.2) is 0 Å². The van der Waals surface area contributed by atoms with Gasteiger partial charge in [0.2, 0.25) is 0 Å². The fourth-order valence-electron chi connectivity index (χ4n) is 2.92. The van der Waals surface area contributed by atoms with Gasteiger partial charge < -0.3 is 14.7 Å². The molecule has 1 aliphatic carbocycles. The van der Waals surface area contributed by atoms with Gasteiger partial charge in [0.1, 0.15) is 6.10 Å². The minimum absolute atomic E-state index is 0.0178. The smallest absolute Gasteiger partial charge is 0.251 e. The second-order valence-corrected chi connectivity index (χ2v) is 5.38. The molecule has 1 heterocycles. The highest BCUT2D eigenvalue weighted by Gasteiger charge is 2.35. The first-order chi connectivity index (χ1) is 8.09. The Hall–Kier alpha value is -0.610. The molecule has 4 heteroatoms. The van der Waals surface area contributed by atoms with E-state index >= 15 is 0 Å². The van der Waals surface area contributed by atoms with E-state index < -0.39 is 0 Å². The van der Waals surface area contributed by atoms with Crippen LogP contribution in [-0.4, -0.2) is 47.3 Å². The third kappa shape index (κ3) is 2.80. The highest BCUT2D eigenvalue weighted by Crippen LogP contribution is 2.26. The van der Waals surface area contributed by atoms with E-state index in [-0.39, 0.29) is 30.3 Å². The Morgan fingerprint density at radius 3 is 2.53 bits per heavy atom. The van der Waals surface area contributed by atoms with E-state index in [4.69, 9.17) is 4.74 Å². The van der Waals surface area contributed by atoms with Crippen LogP contribution >= 0.6 is 0 Å². The van der Waals surface area contributed by atoms with Crippen LogP contribution in [0.25, 0.3) is 0 Å². The van der Waals surface area contributed by atoms with E-state index in [0.717, 1.165) is 38.5 Å². The molecule has 0 aromatic carbocycles. The molecule has 1 aliphatic heterocycles. The Labute approximate surface area is 103 Å². The number of rotatable bonds is 2. The van der Waals surface area contributed by atoms with Crippen molar-refractivity contribution in [3.63, 3.8) is 0 Å². The van der Waals surface area contributed by atoms with Crippen molar-refractivity contribution in [1.82, 2.24) is 4.90 Å². The fourth-order valence-corrected chi connectivity index (χ4v) is 2.92. The van der Waals surface area contributed by atoms with Crippen molar-refractivity contribution < 1.29 is 14.6 Å². The topological polar surface area (TPSA) is 49.8 Å². The molecular weight excluding hydrogens is 218 g/mol. The molecule has 4 unspecified atom stereocenters. The molecule has 4 atom stereocenters. The zero-order chi connectivity index (χ0) is 12.4. The Morgan fingerprint density at radius 2 is 1.94 bits per heavy atom. The summed E-state index contributed by atoms with van der Waals surface area (Å²) in [4.78, 5) is 13.9. The average molecular weight is 241 g/mol. The van der Waals surface area contributed by atoms with Crippen LogP contribution < -0.4 is 0 Å². The van der Waals surface area contributed by atoms with Crippen molar-refractivity contribution in [1.29, 1.82) is 0 Å². The van der Waals surface area contributed by atoms with Crippen LogP contribution in [0.1, 0.15) is 45.4 Å². The maximum atomic E-state index is 12.2. The lowest BCUT2D eigenvalue weighted by atomic mass is 9.91. The van der Waals surface area contributed by atoms with Crippen molar-refractivity contribution in [2.75, 3.05) is 7.05 Å². The fraction of sp³-hybridized carbons (Fsp3) is 0.923. The molecule has 0 spiro atoms. The van der Waals surface area contributed by atoms with Gasteiger partial charge in [-0.05, 0) is 32.6 Å². The predicted octanol–water partition coefficient (Wildman–Crippen LogP) is 1.32. The summed E-state index contributed by atoms with van der Waals surface area (Å²) in [5.41, 5.74) is 0. The lowest BCUT2D eigenvalue weighted by molar-refractivity contribution is -0.146. The summed E-state index contributed by atoms with van der Waals surface area (Å²) >= 11 is 0. The van der Waals surface area contributed by atoms with Crippen LogP contribution in [0.15, 0.2) is 0 Å². The number of carbonyl (C=O) groups excluding carboxylic acids is 1. The minimum Gasteiger partial charge on any atom is -0.391 e. The van der Waals surface area contributed by atoms with Crippen LogP contribution in [0.2, 0.25) is 0 Å². The molecular formula is C13H23NO3. The summed E-state index contributed by atoms with van der Waals surface area (Å²) in [6.45, 7) is 2.00. The first kappa shape index (κ1) is 12.8. The van der Waals surface area contributed by atoms with Gasteiger partial charge in [-0.3, -0.25) is 4.79 Å². The van der Waals surface area contributed by atoms with Gasteiger partial charge in [-0.2, -0.15) is 0 Å². The second kappa shape index (κ2) is 5.36. The number of ether oxygens (including phenoxy) is 1. The largest absolute Gasteiger partial charge is 0.391 e. The number of amides is 1. The number of hydrogen-bond donors (Lipinski definition) is 1. The molecule has 17 heavy (non-hydrogen) atoms. The molecule has 2 aliphatic rings. The first-order valence-corrected chi connectivity index (χ1v) is 6.70. The summed E-state index contributed by atoms with van der Waals surface area (Å²) in [7, 11) is 1.80. The quantitative estimate of drug-likeness (QED) is 0.793. The van der Waals surface area contributed by atoms with Gasteiger partial charge in [0.05, 0.1) is 18.2 Å². The summed E-state index contributed by atoms with van der Waals surface area (Å²) in [6.07, 6.45) is 5.19. The molecule has 1 saturated heterocycles. The van der Waals surface area contributed by atoms with Gasteiger partial charge in [-0.15, -0.1) is 0 Å². The number of aliphatic hydroxyl groups is 1. The maximum absolute atomic E-state index is 12.2. The molecule has 1 N–H and O–H groups in total. The third-order valence-electron chi connectivity index (χ3n) is 4.05. The zero-order valence-electron chi connectivity index (χ0n) is 10.8. The monoisotopic (exact) mass is 241 g/mol. The maximum Gasteiger partial charge on any atom is 0.251 e. The van der Waals surface area contributed by atoms with Gasteiger partial charge >= 0.3 is 0 Å². The van der Waals surface area contributed by atoms with Crippen molar-refractivity contribution >= 4 is 5.91 Å². The highest BCUT2D eigenvalue weighted by molar-refractivity contribution is 5.81. The summed E-state index contributed by atoms with van der Waals surface area (Å²) in [5.74, 6) is 0.0419. The van der Waals surface area contributed by atoms with Crippen molar-refractivity contribution in [3.8, 4) is 0 Å². The van der Waals surface area contributed by atoms with Crippen molar-refractivity contribution in [2.24, 2.45) is 0 Å². The van der Waals surface area contributed by atoms with Crippen LogP contribution in [-0.2, 0) is 9.53 Å². The van der Waals surface area contributed by atoms with E-state index in [9.17, 15) is 9.90 Å². The molecule has 2 rings (SSSR count). The van der Waals surface area contributed by atoms with Crippen LogP contribution in [0.3, 0.4) is 0 Å². The zero-order valence-corrected chi connectivity index (χ0v) is 10.8. The number of aliphatic hydroxyl groups excluding tert-OH is 1. The van der Waals surface area contributed by atoms with Gasteiger partial charge in [0.25, 0.3) is 5.91 Å². The molecule has 0 aromatic rings. The van der Waals surface area contributed by atoms with E-state index in [0.29, 0.717) is 0 Å². The van der Waals surface area contributed by atoms with E-state index in [2.05, 4.69) is 0 Å². The van der Waals surface area contributed by atoms with Gasteiger partial charge in [0.15, 0.2) is 0 Å². The molecule has 2 fully saturated rings. The number of nitrogens with zero attached hydrogens (tertiary/aromatic N) is 1. The summed E-state index contributed by atoms with van der Waals surface area (Å²) in [5, 5.41) is 9.95. The average Bonchev–Trinajstić information content (AvgIpc) is 2.75. The Morgan fingerprint density at radius 1 is 1.24 bits per heavy atom. The van der Waals surface area contributed by atoms with Gasteiger partial charge in [-0.1, -0.05) is 12.8 Å². The lowest BCUT2D eigenvalue weighted by Crippen LogP contribution is -2.49. The molecule has 0 aromatic heterocycles. The first-order valence-electron chi connectivity index (χ1n) is 6.70. The Kier molecular flexibility index (Phi) is 4.05. The molecule has 1 saturated carbocycles. The van der Waals surface area contributed by atoms with E-state index in [1.165, 1.54) is 0 Å². The van der Waals surface area contributed by atoms with Crippen molar-refractivity contribution in [3.05, 3.63) is 0 Å². The van der Waals surface area contributed by atoms with Crippen LogP contribution in [0.4, 0.5) is 0 Å². The van der Waals surface area contributed by atoms with Crippen LogP contribution in [0, 0.1) is 0 Å². The number of hydrogen-bond acceptors (Lipinski definition) is 3. The SMILES string of the molecule is CC1CCC(C(=O)N(C)C2CCCCC2O)O1. The van der Waals surface area contributed by atoms with Crippen LogP contribution in [0.5, 0.6) is 0 Å². The second-order valence-electron chi connectivity index (χ2n) is 5.38. The Balaban J connectivity index is 1.94. The predicted molar refractivity (Wildman–Crippen MR) is 64.6 cm³/mol. The molecule has 1 amide bonds. The number of carbonyl (C=O) groups is 1. The lowest BCUT2D eigenvalue weighted by Gasteiger charge is -2.36.